The van der Waals surface area contributed by atoms with Gasteiger partial charge in [-0.2, -0.15) is 0 Å². The average Bonchev–Trinajstić information content (AvgIpc) is 2.27. The summed E-state index contributed by atoms with van der Waals surface area (Å²) in [6.45, 7) is 3.49. The van der Waals surface area contributed by atoms with E-state index in [1.165, 1.54) is 0 Å². The van der Waals surface area contributed by atoms with Gasteiger partial charge in [0, 0.05) is 25.6 Å². The van der Waals surface area contributed by atoms with Crippen LogP contribution in [0.4, 0.5) is 0 Å². The fraction of sp³-hybridized carbons (Fsp3) is 0.833. The Kier molecular flexibility index (Phi) is 3.66. The number of carbonyl (C=O) groups excluding carboxylic acids is 1. The van der Waals surface area contributed by atoms with E-state index < -0.39 is 5.97 Å². The van der Waals surface area contributed by atoms with E-state index in [2.05, 4.69) is 0 Å². The maximum atomic E-state index is 12.0. The summed E-state index contributed by atoms with van der Waals surface area (Å²) in [5.74, 6) is -1.01. The Morgan fingerprint density at radius 2 is 2.06 bits per heavy atom. The lowest BCUT2D eigenvalue weighted by Crippen LogP contribution is -2.56. The molecule has 2 aliphatic rings. The first-order valence-electron chi connectivity index (χ1n) is 6.23. The van der Waals surface area contributed by atoms with Gasteiger partial charge in [0.05, 0.1) is 5.92 Å². The van der Waals surface area contributed by atoms with Gasteiger partial charge >= 0.3 is 5.97 Å². The van der Waals surface area contributed by atoms with Gasteiger partial charge < -0.3 is 14.7 Å². The number of aliphatic carboxylic acids is 1. The lowest BCUT2D eigenvalue weighted by atomic mass is 9.86. The van der Waals surface area contributed by atoms with Crippen LogP contribution in [0.1, 0.15) is 26.2 Å². The number of ether oxygens (including phenoxy) is 1. The molecule has 0 spiro atoms. The van der Waals surface area contributed by atoms with Gasteiger partial charge in [0.1, 0.15) is 6.10 Å². The van der Waals surface area contributed by atoms with E-state index in [0.717, 1.165) is 19.3 Å². The van der Waals surface area contributed by atoms with E-state index >= 15 is 0 Å². The number of hydrogen-bond acceptors (Lipinski definition) is 3. The monoisotopic (exact) mass is 241 g/mol. The van der Waals surface area contributed by atoms with E-state index in [4.69, 9.17) is 9.84 Å². The molecule has 5 nitrogen and oxygen atoms in total. The lowest BCUT2D eigenvalue weighted by molar-refractivity contribution is -0.158. The number of carbonyl (C=O) groups is 2. The molecule has 2 aliphatic heterocycles. The van der Waals surface area contributed by atoms with Crippen molar-refractivity contribution in [1.82, 2.24) is 4.90 Å². The molecule has 0 aromatic rings. The van der Waals surface area contributed by atoms with Crippen molar-refractivity contribution in [2.45, 2.75) is 32.3 Å². The molecule has 0 aliphatic carbocycles. The molecule has 2 unspecified atom stereocenters. The Hall–Kier alpha value is -1.10. The van der Waals surface area contributed by atoms with Gasteiger partial charge in [-0.25, -0.2) is 0 Å². The van der Waals surface area contributed by atoms with Crippen LogP contribution in [-0.2, 0) is 14.3 Å². The quantitative estimate of drug-likeness (QED) is 0.791. The zero-order valence-electron chi connectivity index (χ0n) is 10.1. The molecule has 0 bridgehead atoms. The highest BCUT2D eigenvalue weighted by atomic mass is 16.5. The fourth-order valence-corrected chi connectivity index (χ4v) is 2.35. The van der Waals surface area contributed by atoms with E-state index in [0.29, 0.717) is 19.7 Å². The third-order valence-corrected chi connectivity index (χ3v) is 3.77. The summed E-state index contributed by atoms with van der Waals surface area (Å²) >= 11 is 0. The maximum absolute atomic E-state index is 12.0. The smallest absolute Gasteiger partial charge is 0.306 e. The Labute approximate surface area is 101 Å². The topological polar surface area (TPSA) is 66.8 Å². The maximum Gasteiger partial charge on any atom is 0.306 e. The van der Waals surface area contributed by atoms with Gasteiger partial charge in [0.2, 0.25) is 0 Å². The lowest BCUT2D eigenvalue weighted by Gasteiger charge is -2.43. The van der Waals surface area contributed by atoms with Gasteiger partial charge in [-0.05, 0) is 19.3 Å². The second kappa shape index (κ2) is 5.04. The van der Waals surface area contributed by atoms with Crippen molar-refractivity contribution >= 4 is 11.9 Å². The molecular weight excluding hydrogens is 222 g/mol. The highest BCUT2D eigenvalue weighted by molar-refractivity contribution is 5.82. The zero-order valence-corrected chi connectivity index (χ0v) is 10.1. The van der Waals surface area contributed by atoms with Crippen LogP contribution in [0, 0.1) is 11.8 Å². The summed E-state index contributed by atoms with van der Waals surface area (Å²) in [5, 5.41) is 8.86. The normalized spacial score (nSPS) is 27.4. The standard InChI is InChI=1S/C12H19NO4/c1-8(12(15)16)9-6-13(7-9)11(14)10-4-2-3-5-17-10/h8-10H,2-7H2,1H3,(H,15,16). The van der Waals surface area contributed by atoms with E-state index in [-0.39, 0.29) is 23.8 Å². The molecule has 2 rings (SSSR count). The second-order valence-corrected chi connectivity index (χ2v) is 4.99. The molecule has 2 fully saturated rings. The molecule has 17 heavy (non-hydrogen) atoms. The van der Waals surface area contributed by atoms with Gasteiger partial charge in [0.25, 0.3) is 5.91 Å². The third-order valence-electron chi connectivity index (χ3n) is 3.77. The first kappa shape index (κ1) is 12.4. The largest absolute Gasteiger partial charge is 0.481 e. The molecule has 0 aromatic carbocycles. The number of carboxylic acid groups (broad SMARTS) is 1. The van der Waals surface area contributed by atoms with Crippen molar-refractivity contribution in [3.05, 3.63) is 0 Å². The first-order valence-corrected chi connectivity index (χ1v) is 6.23. The molecule has 2 heterocycles. The molecule has 0 aromatic heterocycles. The van der Waals surface area contributed by atoms with E-state index in [1.54, 1.807) is 11.8 Å². The molecule has 96 valence electrons. The van der Waals surface area contributed by atoms with Crippen molar-refractivity contribution in [1.29, 1.82) is 0 Å². The number of hydrogen-bond donors (Lipinski definition) is 1. The van der Waals surface area contributed by atoms with Gasteiger partial charge in [-0.3, -0.25) is 9.59 Å². The fourth-order valence-electron chi connectivity index (χ4n) is 2.35. The minimum atomic E-state index is -0.781. The van der Waals surface area contributed by atoms with Crippen LogP contribution < -0.4 is 0 Å². The number of rotatable bonds is 3. The van der Waals surface area contributed by atoms with Crippen molar-refractivity contribution in [3.8, 4) is 0 Å². The molecular formula is C12H19NO4. The first-order chi connectivity index (χ1) is 8.09. The van der Waals surface area contributed by atoms with Crippen LogP contribution in [0.25, 0.3) is 0 Å². The summed E-state index contributed by atoms with van der Waals surface area (Å²) in [6.07, 6.45) is 2.58. The number of likely N-dealkylation sites (tertiary alicyclic amines) is 1. The highest BCUT2D eigenvalue weighted by Gasteiger charge is 2.39. The number of nitrogens with zero attached hydrogens (tertiary/aromatic N) is 1. The summed E-state index contributed by atoms with van der Waals surface area (Å²) in [4.78, 5) is 24.5. The van der Waals surface area contributed by atoms with Crippen molar-refractivity contribution < 1.29 is 19.4 Å². The van der Waals surface area contributed by atoms with Crippen LogP contribution >= 0.6 is 0 Å². The van der Waals surface area contributed by atoms with Crippen molar-refractivity contribution in [2.75, 3.05) is 19.7 Å². The molecule has 2 atom stereocenters. The summed E-state index contributed by atoms with van der Waals surface area (Å²) in [5.41, 5.74) is 0. The molecule has 5 heteroatoms. The zero-order chi connectivity index (χ0) is 12.4. The SMILES string of the molecule is CC(C(=O)O)C1CN(C(=O)C2CCCCO2)C1. The summed E-state index contributed by atoms with van der Waals surface area (Å²) in [7, 11) is 0. The van der Waals surface area contributed by atoms with Gasteiger partial charge in [0.15, 0.2) is 0 Å². The van der Waals surface area contributed by atoms with Crippen LogP contribution in [0.5, 0.6) is 0 Å². The Morgan fingerprint density at radius 1 is 1.35 bits per heavy atom. The Balaban J connectivity index is 1.78. The molecule has 0 radical (unpaired) electrons. The predicted octanol–water partition coefficient (Wildman–Crippen LogP) is 0.735. The second-order valence-electron chi connectivity index (χ2n) is 4.99. The number of amides is 1. The molecule has 1 amide bonds. The highest BCUT2D eigenvalue weighted by Crippen LogP contribution is 2.26. The Morgan fingerprint density at radius 3 is 2.59 bits per heavy atom. The number of carboxylic acids is 1. The Bertz CT molecular complexity index is 306. The van der Waals surface area contributed by atoms with Crippen molar-refractivity contribution in [3.63, 3.8) is 0 Å². The minimum Gasteiger partial charge on any atom is -0.481 e. The molecule has 0 saturated carbocycles. The molecule has 2 saturated heterocycles. The minimum absolute atomic E-state index is 0.0403. The molecule has 1 N–H and O–H groups in total. The average molecular weight is 241 g/mol. The third kappa shape index (κ3) is 2.60. The van der Waals surface area contributed by atoms with E-state index in [1.807, 2.05) is 0 Å². The van der Waals surface area contributed by atoms with Crippen LogP contribution in [-0.4, -0.2) is 47.7 Å². The van der Waals surface area contributed by atoms with Crippen LogP contribution in [0.3, 0.4) is 0 Å². The van der Waals surface area contributed by atoms with Crippen molar-refractivity contribution in [2.24, 2.45) is 11.8 Å². The van der Waals surface area contributed by atoms with E-state index in [9.17, 15) is 9.59 Å². The van der Waals surface area contributed by atoms with Crippen LogP contribution in [0.2, 0.25) is 0 Å². The summed E-state index contributed by atoms with van der Waals surface area (Å²) < 4.78 is 5.43. The predicted molar refractivity (Wildman–Crippen MR) is 60.5 cm³/mol. The van der Waals surface area contributed by atoms with Gasteiger partial charge in [-0.15, -0.1) is 0 Å². The van der Waals surface area contributed by atoms with Crippen LogP contribution in [0.15, 0.2) is 0 Å². The summed E-state index contributed by atoms with van der Waals surface area (Å²) in [6, 6.07) is 0. The van der Waals surface area contributed by atoms with Gasteiger partial charge in [-0.1, -0.05) is 6.92 Å².